The molecule has 2 amide bonds. The quantitative estimate of drug-likeness (QED) is 0.898. The first kappa shape index (κ1) is 17.3. The molecule has 0 aliphatic heterocycles. The van der Waals surface area contributed by atoms with Gasteiger partial charge in [-0.15, -0.1) is 0 Å². The number of carbonyl (C=O) groups is 1. The van der Waals surface area contributed by atoms with Gasteiger partial charge in [0, 0.05) is 35.9 Å². The van der Waals surface area contributed by atoms with E-state index in [-0.39, 0.29) is 6.03 Å². The highest BCUT2D eigenvalue weighted by Gasteiger charge is 2.22. The highest BCUT2D eigenvalue weighted by Crippen LogP contribution is 2.26. The summed E-state index contributed by atoms with van der Waals surface area (Å²) in [6, 6.07) is 5.54. The number of hydrogen-bond acceptors (Lipinski definition) is 2. The van der Waals surface area contributed by atoms with Gasteiger partial charge in [0.25, 0.3) is 0 Å². The summed E-state index contributed by atoms with van der Waals surface area (Å²) in [7, 11) is 0.915. The SMILES string of the molecule is CN(C(=O)Nc1cc(C[S@@](C)=O)ccc1Cl)C1CCCCC1. The summed E-state index contributed by atoms with van der Waals surface area (Å²) >= 11 is 6.16. The van der Waals surface area contributed by atoms with Gasteiger partial charge in [-0.3, -0.25) is 4.21 Å². The molecule has 22 heavy (non-hydrogen) atoms. The average Bonchev–Trinajstić information content (AvgIpc) is 2.50. The molecule has 1 aliphatic rings. The molecule has 0 bridgehead atoms. The Balaban J connectivity index is 2.05. The minimum absolute atomic E-state index is 0.136. The van der Waals surface area contributed by atoms with Crippen LogP contribution in [0.25, 0.3) is 0 Å². The van der Waals surface area contributed by atoms with E-state index < -0.39 is 10.8 Å². The fraction of sp³-hybridized carbons (Fsp3) is 0.562. The van der Waals surface area contributed by atoms with Crippen molar-refractivity contribution in [2.24, 2.45) is 0 Å². The third kappa shape index (κ3) is 4.71. The minimum atomic E-state index is -0.923. The first-order valence-corrected chi connectivity index (χ1v) is 9.70. The largest absolute Gasteiger partial charge is 0.325 e. The first-order valence-electron chi connectivity index (χ1n) is 7.59. The van der Waals surface area contributed by atoms with Crippen LogP contribution in [0.2, 0.25) is 5.02 Å². The molecule has 0 spiro atoms. The van der Waals surface area contributed by atoms with Gasteiger partial charge in [0.1, 0.15) is 0 Å². The third-order valence-electron chi connectivity index (χ3n) is 4.09. The van der Waals surface area contributed by atoms with Gasteiger partial charge in [0.05, 0.1) is 10.7 Å². The van der Waals surface area contributed by atoms with E-state index in [2.05, 4.69) is 5.32 Å². The highest BCUT2D eigenvalue weighted by molar-refractivity contribution is 7.83. The van der Waals surface area contributed by atoms with Crippen LogP contribution in [-0.4, -0.2) is 34.5 Å². The van der Waals surface area contributed by atoms with Crippen LogP contribution in [0.1, 0.15) is 37.7 Å². The number of nitrogens with zero attached hydrogens (tertiary/aromatic N) is 1. The van der Waals surface area contributed by atoms with Crippen LogP contribution in [0.4, 0.5) is 10.5 Å². The molecule has 1 aliphatic carbocycles. The van der Waals surface area contributed by atoms with Crippen LogP contribution in [0.3, 0.4) is 0 Å². The maximum Gasteiger partial charge on any atom is 0.321 e. The Morgan fingerprint density at radius 2 is 2.05 bits per heavy atom. The molecule has 0 unspecified atom stereocenters. The molecule has 2 rings (SSSR count). The van der Waals surface area contributed by atoms with E-state index in [0.29, 0.717) is 22.5 Å². The zero-order valence-electron chi connectivity index (χ0n) is 13.1. The van der Waals surface area contributed by atoms with Crippen molar-refractivity contribution in [3.63, 3.8) is 0 Å². The van der Waals surface area contributed by atoms with Crippen molar-refractivity contribution in [1.82, 2.24) is 4.90 Å². The third-order valence-corrected chi connectivity index (χ3v) is 5.15. The molecule has 1 atom stereocenters. The lowest BCUT2D eigenvalue weighted by atomic mass is 9.95. The van der Waals surface area contributed by atoms with Crippen LogP contribution in [0.15, 0.2) is 18.2 Å². The molecule has 122 valence electrons. The second kappa shape index (κ2) is 7.97. The van der Waals surface area contributed by atoms with Crippen molar-refractivity contribution in [3.05, 3.63) is 28.8 Å². The first-order chi connectivity index (χ1) is 10.5. The van der Waals surface area contributed by atoms with Gasteiger partial charge in [-0.25, -0.2) is 4.79 Å². The lowest BCUT2D eigenvalue weighted by Gasteiger charge is -2.31. The van der Waals surface area contributed by atoms with E-state index in [4.69, 9.17) is 11.6 Å². The van der Waals surface area contributed by atoms with Gasteiger partial charge < -0.3 is 10.2 Å². The molecule has 0 heterocycles. The number of amides is 2. The van der Waals surface area contributed by atoms with Crippen molar-refractivity contribution in [2.45, 2.75) is 43.9 Å². The second-order valence-electron chi connectivity index (χ2n) is 5.86. The molecular weight excluding hydrogens is 320 g/mol. The van der Waals surface area contributed by atoms with Crippen molar-refractivity contribution in [3.8, 4) is 0 Å². The Morgan fingerprint density at radius 1 is 1.36 bits per heavy atom. The van der Waals surface area contributed by atoms with Gasteiger partial charge in [-0.2, -0.15) is 0 Å². The Hall–Kier alpha value is -1.07. The summed E-state index contributed by atoms with van der Waals surface area (Å²) in [6.07, 6.45) is 7.40. The molecule has 4 nitrogen and oxygen atoms in total. The highest BCUT2D eigenvalue weighted by atomic mass is 35.5. The topological polar surface area (TPSA) is 49.4 Å². The van der Waals surface area contributed by atoms with E-state index in [0.717, 1.165) is 18.4 Å². The van der Waals surface area contributed by atoms with E-state index in [9.17, 15) is 9.00 Å². The Kier molecular flexibility index (Phi) is 6.26. The lowest BCUT2D eigenvalue weighted by Crippen LogP contribution is -2.40. The standard InChI is InChI=1S/C16H23ClN2O2S/c1-19(13-6-4-3-5-7-13)16(20)18-15-10-12(11-22(2)21)8-9-14(15)17/h8-10,13H,3-7,11H2,1-2H3,(H,18,20)/t22-/m1/s1. The Morgan fingerprint density at radius 3 is 2.68 bits per heavy atom. The van der Waals surface area contributed by atoms with Crippen LogP contribution < -0.4 is 5.32 Å². The average molecular weight is 343 g/mol. The maximum atomic E-state index is 12.4. The van der Waals surface area contributed by atoms with Crippen LogP contribution in [-0.2, 0) is 16.6 Å². The van der Waals surface area contributed by atoms with Gasteiger partial charge in [-0.05, 0) is 30.5 Å². The molecule has 1 aromatic carbocycles. The number of rotatable bonds is 4. The summed E-state index contributed by atoms with van der Waals surface area (Å²) in [5.74, 6) is 0.457. The summed E-state index contributed by atoms with van der Waals surface area (Å²) in [5.41, 5.74) is 1.48. The van der Waals surface area contributed by atoms with E-state index in [1.807, 2.05) is 13.1 Å². The monoisotopic (exact) mass is 342 g/mol. The summed E-state index contributed by atoms with van der Waals surface area (Å²) in [6.45, 7) is 0. The normalized spacial score (nSPS) is 17.0. The number of benzene rings is 1. The number of halogens is 1. The maximum absolute atomic E-state index is 12.4. The number of hydrogen-bond donors (Lipinski definition) is 1. The Labute approximate surface area is 139 Å². The molecule has 6 heteroatoms. The fourth-order valence-electron chi connectivity index (χ4n) is 2.83. The second-order valence-corrected chi connectivity index (χ2v) is 7.71. The molecular formula is C16H23ClN2O2S. The fourth-order valence-corrected chi connectivity index (χ4v) is 3.64. The van der Waals surface area contributed by atoms with Gasteiger partial charge in [0.15, 0.2) is 0 Å². The van der Waals surface area contributed by atoms with Gasteiger partial charge >= 0.3 is 6.03 Å². The molecule has 1 aromatic rings. The van der Waals surface area contributed by atoms with Crippen molar-refractivity contribution < 1.29 is 9.00 Å². The van der Waals surface area contributed by atoms with Crippen LogP contribution >= 0.6 is 11.6 Å². The number of urea groups is 1. The molecule has 0 aromatic heterocycles. The number of nitrogens with one attached hydrogen (secondary N) is 1. The van der Waals surface area contributed by atoms with Crippen LogP contribution in [0, 0.1) is 0 Å². The van der Waals surface area contributed by atoms with Gasteiger partial charge in [0.2, 0.25) is 0 Å². The Bertz CT molecular complexity index is 559. The molecule has 1 fully saturated rings. The number of anilines is 1. The van der Waals surface area contributed by atoms with Crippen molar-refractivity contribution in [2.75, 3.05) is 18.6 Å². The van der Waals surface area contributed by atoms with E-state index >= 15 is 0 Å². The molecule has 0 radical (unpaired) electrons. The summed E-state index contributed by atoms with van der Waals surface area (Å²) < 4.78 is 11.3. The lowest BCUT2D eigenvalue weighted by molar-refractivity contribution is 0.186. The molecule has 1 saturated carbocycles. The summed E-state index contributed by atoms with van der Waals surface area (Å²) in [4.78, 5) is 14.2. The zero-order valence-corrected chi connectivity index (χ0v) is 14.7. The predicted octanol–water partition coefficient (Wildman–Crippen LogP) is 4.01. The summed E-state index contributed by atoms with van der Waals surface area (Å²) in [5, 5.41) is 3.37. The van der Waals surface area contributed by atoms with Gasteiger partial charge in [-0.1, -0.05) is 36.9 Å². The smallest absolute Gasteiger partial charge is 0.321 e. The van der Waals surface area contributed by atoms with Crippen molar-refractivity contribution >= 4 is 34.1 Å². The van der Waals surface area contributed by atoms with Crippen LogP contribution in [0.5, 0.6) is 0 Å². The predicted molar refractivity (Wildman–Crippen MR) is 92.9 cm³/mol. The number of carbonyl (C=O) groups excluding carboxylic acids is 1. The van der Waals surface area contributed by atoms with E-state index in [1.165, 1.54) is 19.3 Å². The zero-order chi connectivity index (χ0) is 16.1. The van der Waals surface area contributed by atoms with E-state index in [1.54, 1.807) is 23.3 Å². The minimum Gasteiger partial charge on any atom is -0.325 e. The molecule has 1 N–H and O–H groups in total. The van der Waals surface area contributed by atoms with Crippen molar-refractivity contribution in [1.29, 1.82) is 0 Å². The molecule has 0 saturated heterocycles.